The van der Waals surface area contributed by atoms with Gasteiger partial charge in [-0.25, -0.2) is 9.97 Å². The number of nitrogens with zero attached hydrogens (tertiary/aromatic N) is 4. The van der Waals surface area contributed by atoms with Gasteiger partial charge >= 0.3 is 0 Å². The van der Waals surface area contributed by atoms with Gasteiger partial charge in [-0.05, 0) is 57.2 Å². The van der Waals surface area contributed by atoms with Crippen LogP contribution in [-0.2, 0) is 22.5 Å². The fourth-order valence-corrected chi connectivity index (χ4v) is 6.58. The molecule has 2 atom stereocenters. The van der Waals surface area contributed by atoms with Gasteiger partial charge in [0.25, 0.3) is 0 Å². The summed E-state index contributed by atoms with van der Waals surface area (Å²) in [5.41, 5.74) is 5.31. The van der Waals surface area contributed by atoms with Gasteiger partial charge in [-0.15, -0.1) is 4.72 Å². The molecule has 6 nitrogen and oxygen atoms in total. The van der Waals surface area contributed by atoms with Crippen molar-refractivity contribution in [2.45, 2.75) is 50.8 Å². The van der Waals surface area contributed by atoms with Crippen molar-refractivity contribution in [3.05, 3.63) is 52.3 Å². The van der Waals surface area contributed by atoms with Crippen LogP contribution in [0.4, 0.5) is 5.95 Å². The zero-order chi connectivity index (χ0) is 20.4. The van der Waals surface area contributed by atoms with Gasteiger partial charge in [0.05, 0.1) is 6.04 Å². The first-order chi connectivity index (χ1) is 13.8. The average molecular weight is 408 g/mol. The number of hydrogen-bond acceptors (Lipinski definition) is 6. The Kier molecular flexibility index (Phi) is 4.18. The molecule has 2 aromatic rings. The van der Waals surface area contributed by atoms with Gasteiger partial charge in [-0.2, -0.15) is 5.26 Å². The minimum atomic E-state index is -1.11. The van der Waals surface area contributed by atoms with E-state index in [1.165, 1.54) is 16.7 Å². The van der Waals surface area contributed by atoms with Crippen LogP contribution in [0.1, 0.15) is 60.8 Å². The average Bonchev–Trinajstić information content (AvgIpc) is 3.00. The molecule has 1 fully saturated rings. The third-order valence-corrected chi connectivity index (χ3v) is 8.57. The monoisotopic (exact) mass is 407 g/mol. The number of anilines is 1. The van der Waals surface area contributed by atoms with Crippen molar-refractivity contribution < 1.29 is 4.55 Å². The molecular weight excluding hydrogens is 382 g/mol. The first kappa shape index (κ1) is 18.9. The smallest absolute Gasteiger partial charge is 0.226 e. The molecule has 3 aliphatic rings. The summed E-state index contributed by atoms with van der Waals surface area (Å²) >= 11 is -1.11. The van der Waals surface area contributed by atoms with Crippen LogP contribution in [0, 0.1) is 23.7 Å². The molecule has 150 valence electrons. The molecule has 0 saturated carbocycles. The Morgan fingerprint density at radius 2 is 2.03 bits per heavy atom. The van der Waals surface area contributed by atoms with Crippen LogP contribution in [0.2, 0.25) is 0 Å². The number of rotatable bonds is 1. The summed E-state index contributed by atoms with van der Waals surface area (Å²) in [5, 5.41) is 9.22. The molecule has 2 aliphatic heterocycles. The highest BCUT2D eigenvalue weighted by Crippen LogP contribution is 2.57. The van der Waals surface area contributed by atoms with Crippen LogP contribution in [0.5, 0.6) is 0 Å². The van der Waals surface area contributed by atoms with Crippen LogP contribution in [0.15, 0.2) is 24.3 Å². The van der Waals surface area contributed by atoms with Gasteiger partial charge < -0.3 is 9.45 Å². The molecule has 0 bridgehead atoms. The maximum absolute atomic E-state index is 13.0. The van der Waals surface area contributed by atoms with Crippen LogP contribution in [0.3, 0.4) is 0 Å². The van der Waals surface area contributed by atoms with Crippen LogP contribution in [0.25, 0.3) is 0 Å². The Labute approximate surface area is 174 Å². The third kappa shape index (κ3) is 2.77. The Bertz CT molecular complexity index is 1020. The fraction of sp³-hybridized carbons (Fsp3) is 0.500. The highest BCUT2D eigenvalue weighted by atomic mass is 32.2. The zero-order valence-corrected chi connectivity index (χ0v) is 17.8. The molecule has 0 unspecified atom stereocenters. The van der Waals surface area contributed by atoms with Gasteiger partial charge in [-0.3, -0.25) is 0 Å². The normalized spacial score (nSPS) is 26.2. The van der Waals surface area contributed by atoms with Gasteiger partial charge in [0.1, 0.15) is 11.8 Å². The number of nitrogens with one attached hydrogen (secondary N) is 1. The minimum absolute atomic E-state index is 0.0724. The SMILES string of the molecule is Cc1cc(C#N)nc(N2CCC3(CC2)Cc2cccc4c2[C@H]3N[S@+]([O-])C4(C)C)n1. The van der Waals surface area contributed by atoms with E-state index in [2.05, 4.69) is 57.7 Å². The van der Waals surface area contributed by atoms with Crippen LogP contribution >= 0.6 is 0 Å². The van der Waals surface area contributed by atoms with Crippen molar-refractivity contribution in [1.82, 2.24) is 14.7 Å². The molecule has 1 saturated heterocycles. The lowest BCUT2D eigenvalue weighted by Gasteiger charge is -2.46. The van der Waals surface area contributed by atoms with E-state index in [9.17, 15) is 9.81 Å². The Morgan fingerprint density at radius 1 is 1.28 bits per heavy atom. The summed E-state index contributed by atoms with van der Waals surface area (Å²) in [6.45, 7) is 7.71. The molecule has 1 spiro atoms. The quantitative estimate of drug-likeness (QED) is 0.731. The summed E-state index contributed by atoms with van der Waals surface area (Å²) in [7, 11) is 0. The lowest BCUT2D eigenvalue weighted by atomic mass is 9.72. The predicted octanol–water partition coefficient (Wildman–Crippen LogP) is 3.04. The van der Waals surface area contributed by atoms with E-state index < -0.39 is 11.4 Å². The zero-order valence-electron chi connectivity index (χ0n) is 17.0. The summed E-state index contributed by atoms with van der Waals surface area (Å²) in [4.78, 5) is 11.2. The van der Waals surface area contributed by atoms with E-state index in [-0.39, 0.29) is 16.2 Å². The first-order valence-electron chi connectivity index (χ1n) is 10.2. The second kappa shape index (κ2) is 6.43. The molecule has 3 heterocycles. The van der Waals surface area contributed by atoms with Crippen LogP contribution in [-0.4, -0.2) is 27.6 Å². The molecule has 1 aromatic heterocycles. The number of aryl methyl sites for hydroxylation is 1. The predicted molar refractivity (Wildman–Crippen MR) is 113 cm³/mol. The Hall–Kier alpha value is -2.14. The lowest BCUT2D eigenvalue weighted by molar-refractivity contribution is 0.172. The topological polar surface area (TPSA) is 87.9 Å². The summed E-state index contributed by atoms with van der Waals surface area (Å²) in [6.07, 6.45) is 2.98. The summed E-state index contributed by atoms with van der Waals surface area (Å²) in [5.74, 6) is 0.647. The van der Waals surface area contributed by atoms with E-state index in [0.717, 1.165) is 38.0 Å². The Morgan fingerprint density at radius 3 is 2.76 bits per heavy atom. The van der Waals surface area contributed by atoms with Crippen molar-refractivity contribution in [1.29, 1.82) is 5.26 Å². The number of piperidine rings is 1. The Balaban J connectivity index is 1.44. The third-order valence-electron chi connectivity index (χ3n) is 6.98. The second-order valence-electron chi connectivity index (χ2n) is 9.04. The molecule has 0 amide bonds. The maximum Gasteiger partial charge on any atom is 0.226 e. The standard InChI is InChI=1S/C22H25N5OS/c1-14-11-16(13-23)25-20(24-14)27-9-7-22(8-10-27)12-15-5-4-6-17-18(15)19(22)26-29(28)21(17,2)3/h4-6,11,19,26H,7-10,12H2,1-3H3/t19-,29-/m1/s1. The molecule has 1 N–H and O–H groups in total. The van der Waals surface area contributed by atoms with Crippen molar-refractivity contribution in [2.75, 3.05) is 18.0 Å². The van der Waals surface area contributed by atoms with Crippen LogP contribution < -0.4 is 9.62 Å². The van der Waals surface area contributed by atoms with E-state index in [0.29, 0.717) is 11.6 Å². The first-order valence-corrected chi connectivity index (χ1v) is 11.3. The minimum Gasteiger partial charge on any atom is -0.597 e. The second-order valence-corrected chi connectivity index (χ2v) is 10.8. The number of fused-ring (bicyclic) bond motifs is 1. The highest BCUT2D eigenvalue weighted by Gasteiger charge is 2.56. The van der Waals surface area contributed by atoms with Gasteiger partial charge in [0.2, 0.25) is 5.95 Å². The lowest BCUT2D eigenvalue weighted by Crippen LogP contribution is -2.53. The number of hydrogen-bond donors (Lipinski definition) is 1. The van der Waals surface area contributed by atoms with Crippen molar-refractivity contribution in [3.8, 4) is 6.07 Å². The van der Waals surface area contributed by atoms with Crippen molar-refractivity contribution in [3.63, 3.8) is 0 Å². The highest BCUT2D eigenvalue weighted by molar-refractivity contribution is 7.90. The van der Waals surface area contributed by atoms with E-state index in [4.69, 9.17) is 0 Å². The van der Waals surface area contributed by atoms with Gasteiger partial charge in [0.15, 0.2) is 4.75 Å². The van der Waals surface area contributed by atoms with E-state index >= 15 is 0 Å². The van der Waals surface area contributed by atoms with E-state index in [1.54, 1.807) is 6.07 Å². The number of nitriles is 1. The summed E-state index contributed by atoms with van der Waals surface area (Å²) in [6, 6.07) is 10.5. The largest absolute Gasteiger partial charge is 0.597 e. The molecular formula is C22H25N5OS. The number of aromatic nitrogens is 2. The summed E-state index contributed by atoms with van der Waals surface area (Å²) < 4.78 is 16.1. The molecule has 5 rings (SSSR count). The van der Waals surface area contributed by atoms with Crippen molar-refractivity contribution >= 4 is 17.3 Å². The fourth-order valence-electron chi connectivity index (χ4n) is 5.33. The molecule has 1 aliphatic carbocycles. The molecule has 29 heavy (non-hydrogen) atoms. The molecule has 1 aromatic carbocycles. The molecule has 7 heteroatoms. The van der Waals surface area contributed by atoms with Crippen molar-refractivity contribution in [2.24, 2.45) is 5.41 Å². The van der Waals surface area contributed by atoms with Gasteiger partial charge in [0, 0.05) is 41.1 Å². The maximum atomic E-state index is 13.0. The van der Waals surface area contributed by atoms with E-state index in [1.807, 2.05) is 6.92 Å². The number of benzene rings is 1. The van der Waals surface area contributed by atoms with Gasteiger partial charge in [-0.1, -0.05) is 18.2 Å². The molecule has 0 radical (unpaired) electrons.